The van der Waals surface area contributed by atoms with Crippen LogP contribution in [0.3, 0.4) is 0 Å². The lowest BCUT2D eigenvalue weighted by Gasteiger charge is -2.47. The number of nitrogens with zero attached hydrogens (tertiary/aromatic N) is 2. The van der Waals surface area contributed by atoms with Gasteiger partial charge in [-0.1, -0.05) is 36.4 Å². The zero-order valence-corrected chi connectivity index (χ0v) is 20.3. The fourth-order valence-corrected chi connectivity index (χ4v) is 5.87. The van der Waals surface area contributed by atoms with Gasteiger partial charge in [-0.2, -0.15) is 0 Å². The number of H-pyrrole nitrogens is 1. The predicted molar refractivity (Wildman–Crippen MR) is 135 cm³/mol. The number of hydrogen-bond donors (Lipinski definition) is 1. The van der Waals surface area contributed by atoms with Crippen LogP contribution in [-0.4, -0.2) is 53.1 Å². The fourth-order valence-electron chi connectivity index (χ4n) is 5.87. The summed E-state index contributed by atoms with van der Waals surface area (Å²) in [6.45, 7) is 0.533. The van der Waals surface area contributed by atoms with E-state index in [-0.39, 0.29) is 25.2 Å². The topological polar surface area (TPSA) is 84.1 Å². The van der Waals surface area contributed by atoms with E-state index in [2.05, 4.69) is 11.1 Å². The minimum atomic E-state index is -0.599. The molecule has 1 fully saturated rings. The third-order valence-corrected chi connectivity index (χ3v) is 7.56. The number of fused-ring (bicyclic) bond motifs is 5. The van der Waals surface area contributed by atoms with E-state index in [1.54, 1.807) is 16.9 Å². The van der Waals surface area contributed by atoms with Crippen LogP contribution in [0, 0.1) is 0 Å². The van der Waals surface area contributed by atoms with Crippen LogP contribution in [-0.2, 0) is 22.6 Å². The molecule has 7 rings (SSSR count). The molecule has 4 aromatic rings. The summed E-state index contributed by atoms with van der Waals surface area (Å²) in [7, 11) is 1.63. The highest BCUT2D eigenvalue weighted by atomic mass is 16.7. The van der Waals surface area contributed by atoms with E-state index in [0.29, 0.717) is 30.2 Å². The molecule has 0 spiro atoms. The summed E-state index contributed by atoms with van der Waals surface area (Å²) >= 11 is 0. The number of rotatable bonds is 4. The number of carbonyl (C=O) groups excluding carboxylic acids is 2. The van der Waals surface area contributed by atoms with Gasteiger partial charge in [-0.05, 0) is 47.0 Å². The lowest BCUT2D eigenvalue weighted by molar-refractivity contribution is -0.159. The Morgan fingerprint density at radius 1 is 1.00 bits per heavy atom. The van der Waals surface area contributed by atoms with Gasteiger partial charge in [0.25, 0.3) is 0 Å². The number of nitrogens with one attached hydrogen (secondary N) is 1. The van der Waals surface area contributed by atoms with Crippen molar-refractivity contribution < 1.29 is 23.8 Å². The molecule has 3 aromatic carbocycles. The molecule has 1 aromatic heterocycles. The molecular weight excluding hydrogens is 470 g/mol. The molecule has 3 aliphatic rings. The Kier molecular flexibility index (Phi) is 4.89. The SMILES string of the molecule is COc1cccc(C2c3[nH]c4ccccc4c3CC3C(=O)N(Cc4ccc5c(c4)OCO5)CC(=O)N32)c1. The number of ether oxygens (including phenoxy) is 3. The highest BCUT2D eigenvalue weighted by molar-refractivity contribution is 5.97. The summed E-state index contributed by atoms with van der Waals surface area (Å²) in [6, 6.07) is 20.4. The average molecular weight is 496 g/mol. The minimum Gasteiger partial charge on any atom is -0.497 e. The van der Waals surface area contributed by atoms with Gasteiger partial charge in [-0.25, -0.2) is 0 Å². The molecule has 37 heavy (non-hydrogen) atoms. The highest BCUT2D eigenvalue weighted by Crippen LogP contribution is 2.43. The maximum Gasteiger partial charge on any atom is 0.246 e. The summed E-state index contributed by atoms with van der Waals surface area (Å²) in [5, 5.41) is 1.08. The standard InChI is InChI=1S/C29H25N3O5/c1-35-19-6-4-5-18(12-19)28-27-21(20-7-2-3-8-22(20)30-27)13-23-29(34)31(15-26(33)32(23)28)14-17-9-10-24-25(11-17)37-16-36-24/h2-12,23,28,30H,13-16H2,1H3. The third kappa shape index (κ3) is 3.43. The predicted octanol–water partition coefficient (Wildman–Crippen LogP) is 3.79. The molecule has 8 nitrogen and oxygen atoms in total. The van der Waals surface area contributed by atoms with E-state index in [1.165, 1.54) is 0 Å². The van der Waals surface area contributed by atoms with Crippen molar-refractivity contribution in [1.82, 2.24) is 14.8 Å². The number of aromatic amines is 1. The Labute approximate surface area is 213 Å². The third-order valence-electron chi connectivity index (χ3n) is 7.56. The van der Waals surface area contributed by atoms with Crippen molar-refractivity contribution in [2.75, 3.05) is 20.4 Å². The summed E-state index contributed by atoms with van der Waals surface area (Å²) in [4.78, 5) is 34.7. The van der Waals surface area contributed by atoms with Crippen LogP contribution >= 0.6 is 0 Å². The summed E-state index contributed by atoms with van der Waals surface area (Å²) < 4.78 is 16.4. The Bertz CT molecular complexity index is 1560. The van der Waals surface area contributed by atoms with Crippen molar-refractivity contribution in [3.8, 4) is 17.2 Å². The van der Waals surface area contributed by atoms with Gasteiger partial charge in [0.15, 0.2) is 11.5 Å². The largest absolute Gasteiger partial charge is 0.497 e. The number of hydrogen-bond acceptors (Lipinski definition) is 5. The van der Waals surface area contributed by atoms with Crippen LogP contribution in [0.5, 0.6) is 17.2 Å². The lowest BCUT2D eigenvalue weighted by Crippen LogP contribution is -2.62. The van der Waals surface area contributed by atoms with Crippen LogP contribution in [0.2, 0.25) is 0 Å². The van der Waals surface area contributed by atoms with Gasteiger partial charge in [0.05, 0.1) is 13.2 Å². The molecule has 4 heterocycles. The van der Waals surface area contributed by atoms with Crippen LogP contribution in [0.4, 0.5) is 0 Å². The van der Waals surface area contributed by atoms with Crippen LogP contribution in [0.25, 0.3) is 10.9 Å². The van der Waals surface area contributed by atoms with Gasteiger partial charge in [0, 0.05) is 29.6 Å². The minimum absolute atomic E-state index is 0.0137. The van der Waals surface area contributed by atoms with Gasteiger partial charge in [-0.3, -0.25) is 9.59 Å². The van der Waals surface area contributed by atoms with Crippen molar-refractivity contribution in [1.29, 1.82) is 0 Å². The number of carbonyl (C=O) groups is 2. The zero-order valence-electron chi connectivity index (χ0n) is 20.3. The molecular formula is C29H25N3O5. The first-order chi connectivity index (χ1) is 18.1. The normalized spacial score (nSPS) is 20.2. The zero-order chi connectivity index (χ0) is 25.1. The van der Waals surface area contributed by atoms with Crippen LogP contribution in [0.15, 0.2) is 66.7 Å². The molecule has 2 atom stereocenters. The summed E-state index contributed by atoms with van der Waals surface area (Å²) in [5.41, 5.74) is 4.83. The van der Waals surface area contributed by atoms with E-state index in [0.717, 1.165) is 33.3 Å². The first-order valence-corrected chi connectivity index (χ1v) is 12.3. The second kappa shape index (κ2) is 8.30. The van der Waals surface area contributed by atoms with Gasteiger partial charge in [0.2, 0.25) is 18.6 Å². The Balaban J connectivity index is 1.30. The Morgan fingerprint density at radius 3 is 2.76 bits per heavy atom. The number of benzene rings is 3. The Morgan fingerprint density at radius 2 is 1.86 bits per heavy atom. The molecule has 0 saturated carbocycles. The van der Waals surface area contributed by atoms with E-state index in [1.807, 2.05) is 60.7 Å². The van der Waals surface area contributed by atoms with Gasteiger partial charge >= 0.3 is 0 Å². The van der Waals surface area contributed by atoms with Gasteiger partial charge < -0.3 is 29.0 Å². The number of piperazine rings is 1. The molecule has 0 bridgehead atoms. The number of para-hydroxylation sites is 1. The van der Waals surface area contributed by atoms with Crippen molar-refractivity contribution >= 4 is 22.7 Å². The molecule has 2 unspecified atom stereocenters. The monoisotopic (exact) mass is 495 g/mol. The number of methoxy groups -OCH3 is 1. The number of amides is 2. The van der Waals surface area contributed by atoms with Crippen molar-refractivity contribution in [2.45, 2.75) is 25.0 Å². The second-order valence-electron chi connectivity index (χ2n) is 9.64. The lowest BCUT2D eigenvalue weighted by atomic mass is 9.86. The van der Waals surface area contributed by atoms with E-state index in [4.69, 9.17) is 14.2 Å². The van der Waals surface area contributed by atoms with Crippen molar-refractivity contribution in [2.24, 2.45) is 0 Å². The average Bonchev–Trinajstić information content (AvgIpc) is 3.54. The van der Waals surface area contributed by atoms with E-state index in [9.17, 15) is 9.59 Å². The molecule has 3 aliphatic heterocycles. The quantitative estimate of drug-likeness (QED) is 0.466. The first kappa shape index (κ1) is 21.8. The van der Waals surface area contributed by atoms with Crippen molar-refractivity contribution in [3.63, 3.8) is 0 Å². The molecule has 2 amide bonds. The molecule has 1 saturated heterocycles. The molecule has 186 valence electrons. The summed E-state index contributed by atoms with van der Waals surface area (Å²) in [6.07, 6.45) is 0.460. The highest BCUT2D eigenvalue weighted by Gasteiger charge is 2.48. The molecule has 1 N–H and O–H groups in total. The van der Waals surface area contributed by atoms with Crippen LogP contribution < -0.4 is 14.2 Å². The van der Waals surface area contributed by atoms with E-state index < -0.39 is 12.1 Å². The smallest absolute Gasteiger partial charge is 0.246 e. The molecule has 0 radical (unpaired) electrons. The number of aromatic nitrogens is 1. The summed E-state index contributed by atoms with van der Waals surface area (Å²) in [5.74, 6) is 1.92. The maximum atomic E-state index is 14.0. The first-order valence-electron chi connectivity index (χ1n) is 12.3. The fraction of sp³-hybridized carbons (Fsp3) is 0.241. The van der Waals surface area contributed by atoms with Gasteiger partial charge in [-0.15, -0.1) is 0 Å². The van der Waals surface area contributed by atoms with Gasteiger partial charge in [0.1, 0.15) is 18.3 Å². The molecule has 0 aliphatic carbocycles. The van der Waals surface area contributed by atoms with Crippen LogP contribution in [0.1, 0.15) is 28.4 Å². The van der Waals surface area contributed by atoms with E-state index >= 15 is 0 Å². The van der Waals surface area contributed by atoms with Crippen molar-refractivity contribution in [3.05, 3.63) is 89.1 Å². The maximum absolute atomic E-state index is 14.0. The molecule has 8 heteroatoms. The Hall–Kier alpha value is -4.46. The second-order valence-corrected chi connectivity index (χ2v) is 9.64.